The molecule has 0 spiro atoms. The topological polar surface area (TPSA) is 130 Å². The van der Waals surface area contributed by atoms with Crippen LogP contribution < -0.4 is 10.9 Å². The molecule has 4 rings (SSSR count). The molecule has 0 radical (unpaired) electrons. The van der Waals surface area contributed by atoms with E-state index >= 15 is 0 Å². The highest BCUT2D eigenvalue weighted by Crippen LogP contribution is 2.22. The number of rotatable bonds is 6. The minimum absolute atomic E-state index is 0.162. The van der Waals surface area contributed by atoms with Gasteiger partial charge < -0.3 is 5.32 Å². The molecule has 0 saturated carbocycles. The highest BCUT2D eigenvalue weighted by Gasteiger charge is 2.27. The van der Waals surface area contributed by atoms with Gasteiger partial charge in [0.05, 0.1) is 10.6 Å². The van der Waals surface area contributed by atoms with E-state index in [4.69, 9.17) is 0 Å². The Kier molecular flexibility index (Phi) is 6.17. The van der Waals surface area contributed by atoms with Crippen molar-refractivity contribution in [2.45, 2.75) is 44.9 Å². The molecule has 3 aromatic rings. The monoisotopic (exact) mass is 470 g/mol. The number of H-pyrrole nitrogens is 1. The van der Waals surface area contributed by atoms with Crippen molar-refractivity contribution in [3.05, 3.63) is 63.2 Å². The summed E-state index contributed by atoms with van der Waals surface area (Å²) in [5.74, 6) is 0.0914. The maximum atomic E-state index is 12.9. The van der Waals surface area contributed by atoms with Gasteiger partial charge in [-0.1, -0.05) is 6.92 Å². The molecule has 33 heavy (non-hydrogen) atoms. The Balaban J connectivity index is 1.58. The van der Waals surface area contributed by atoms with Crippen LogP contribution in [0.15, 0.2) is 40.0 Å². The minimum Gasteiger partial charge on any atom is -0.306 e. The predicted octanol–water partition coefficient (Wildman–Crippen LogP) is 2.17. The number of amides is 1. The van der Waals surface area contributed by atoms with Gasteiger partial charge >= 0.3 is 0 Å². The summed E-state index contributed by atoms with van der Waals surface area (Å²) in [5, 5.41) is 7.11. The van der Waals surface area contributed by atoms with Crippen LogP contribution in [0.4, 0.5) is 5.82 Å². The van der Waals surface area contributed by atoms with Crippen LogP contribution in [0, 0.1) is 13.8 Å². The Morgan fingerprint density at radius 1 is 1.15 bits per heavy atom. The van der Waals surface area contributed by atoms with E-state index in [0.29, 0.717) is 47.8 Å². The van der Waals surface area contributed by atoms with E-state index in [1.54, 1.807) is 19.9 Å². The van der Waals surface area contributed by atoms with Crippen LogP contribution in [-0.4, -0.2) is 51.5 Å². The van der Waals surface area contributed by atoms with Crippen molar-refractivity contribution in [1.29, 1.82) is 0 Å². The van der Waals surface area contributed by atoms with Gasteiger partial charge in [0.25, 0.3) is 11.5 Å². The van der Waals surface area contributed by atoms with Crippen molar-refractivity contribution >= 4 is 21.7 Å². The van der Waals surface area contributed by atoms with Gasteiger partial charge in [0.2, 0.25) is 16.0 Å². The third kappa shape index (κ3) is 4.46. The van der Waals surface area contributed by atoms with E-state index in [1.165, 1.54) is 33.3 Å². The number of anilines is 1. The second-order valence-corrected chi connectivity index (χ2v) is 9.92. The normalized spacial score (nSPS) is 14.5. The molecule has 2 N–H and O–H groups in total. The lowest BCUT2D eigenvalue weighted by atomic mass is 10.2. The van der Waals surface area contributed by atoms with Crippen LogP contribution >= 0.6 is 0 Å². The number of nitrogens with zero attached hydrogens (tertiary/aromatic N) is 4. The molecule has 0 bridgehead atoms. The number of carbonyl (C=O) groups excluding carboxylic acids is 1. The minimum atomic E-state index is -3.55. The largest absolute Gasteiger partial charge is 0.306 e. The summed E-state index contributed by atoms with van der Waals surface area (Å²) in [6.07, 6.45) is 2.26. The van der Waals surface area contributed by atoms with Gasteiger partial charge in [-0.2, -0.15) is 14.1 Å². The molecule has 0 atom stereocenters. The molecule has 1 aliphatic heterocycles. The molecule has 0 aliphatic carbocycles. The highest BCUT2D eigenvalue weighted by atomic mass is 32.2. The maximum Gasteiger partial charge on any atom is 0.256 e. The van der Waals surface area contributed by atoms with Crippen molar-refractivity contribution in [3.8, 4) is 5.95 Å². The molecule has 2 aromatic heterocycles. The average Bonchev–Trinajstić information content (AvgIpc) is 3.44. The number of hydrogen-bond acceptors (Lipinski definition) is 6. The summed E-state index contributed by atoms with van der Waals surface area (Å²) in [7, 11) is -3.55. The fraction of sp³-hybridized carbons (Fsp3) is 0.364. The van der Waals surface area contributed by atoms with E-state index in [0.717, 1.165) is 12.8 Å². The lowest BCUT2D eigenvalue weighted by molar-refractivity contribution is 0.102. The van der Waals surface area contributed by atoms with Crippen LogP contribution in [-0.2, 0) is 16.4 Å². The molecule has 10 nitrogen and oxygen atoms in total. The Bertz CT molecular complexity index is 1350. The summed E-state index contributed by atoms with van der Waals surface area (Å²) in [6, 6.07) is 7.50. The first-order valence-corrected chi connectivity index (χ1v) is 12.2. The quantitative estimate of drug-likeness (QED) is 0.568. The average molecular weight is 471 g/mol. The van der Waals surface area contributed by atoms with Crippen molar-refractivity contribution in [3.63, 3.8) is 0 Å². The number of carbonyl (C=O) groups is 1. The number of sulfonamides is 1. The van der Waals surface area contributed by atoms with E-state index in [9.17, 15) is 18.0 Å². The third-order valence-corrected chi connectivity index (χ3v) is 7.57. The van der Waals surface area contributed by atoms with Gasteiger partial charge in [0.1, 0.15) is 5.82 Å². The molecule has 1 saturated heterocycles. The number of aryl methyl sites for hydroxylation is 2. The lowest BCUT2D eigenvalue weighted by Gasteiger charge is -2.15. The molecule has 1 aromatic carbocycles. The fourth-order valence-corrected chi connectivity index (χ4v) is 5.42. The standard InChI is InChI=1S/C22H26N6O4S/c1-4-18-15(3)23-22(25-21(18)30)28-19(13-14(2)26-28)24-20(29)16-7-9-17(10-8-16)33(31,32)27-11-5-6-12-27/h7-10,13H,4-6,11-12H2,1-3H3,(H,24,29)(H,23,25,30). The van der Waals surface area contributed by atoms with Gasteiger partial charge in [0.15, 0.2) is 0 Å². The van der Waals surface area contributed by atoms with Crippen molar-refractivity contribution in [2.24, 2.45) is 0 Å². The van der Waals surface area contributed by atoms with E-state index in [1.807, 2.05) is 6.92 Å². The van der Waals surface area contributed by atoms with Crippen LogP contribution in [0.1, 0.15) is 47.1 Å². The summed E-state index contributed by atoms with van der Waals surface area (Å²) >= 11 is 0. The number of benzene rings is 1. The Hall–Kier alpha value is -3.31. The molecule has 174 valence electrons. The van der Waals surface area contributed by atoms with Gasteiger partial charge in [0, 0.05) is 36.0 Å². The van der Waals surface area contributed by atoms with Crippen LogP contribution in [0.3, 0.4) is 0 Å². The molecule has 11 heteroatoms. The van der Waals surface area contributed by atoms with Crippen molar-refractivity contribution < 1.29 is 13.2 Å². The third-order valence-electron chi connectivity index (χ3n) is 5.66. The second kappa shape index (κ2) is 8.91. The molecular formula is C22H26N6O4S. The summed E-state index contributed by atoms with van der Waals surface area (Å²) in [5.41, 5.74) is 1.85. The zero-order chi connectivity index (χ0) is 23.8. The lowest BCUT2D eigenvalue weighted by Crippen LogP contribution is -2.27. The Labute approximate surface area is 191 Å². The summed E-state index contributed by atoms with van der Waals surface area (Å²) in [4.78, 5) is 32.5. The number of aromatic amines is 1. The summed E-state index contributed by atoms with van der Waals surface area (Å²) in [6.45, 7) is 6.43. The first-order valence-electron chi connectivity index (χ1n) is 10.8. The van der Waals surface area contributed by atoms with Gasteiger partial charge in [-0.25, -0.2) is 13.4 Å². The first kappa shape index (κ1) is 22.9. The second-order valence-electron chi connectivity index (χ2n) is 7.98. The van der Waals surface area contributed by atoms with Crippen molar-refractivity contribution in [1.82, 2.24) is 24.1 Å². The SMILES string of the molecule is CCc1c(C)nc(-n2nc(C)cc2NC(=O)c2ccc(S(=O)(=O)N3CCCC3)cc2)[nH]c1=O. The van der Waals surface area contributed by atoms with E-state index in [2.05, 4.69) is 20.4 Å². The van der Waals surface area contributed by atoms with Gasteiger partial charge in [-0.05, 0) is 57.4 Å². The number of hydrogen-bond donors (Lipinski definition) is 2. The maximum absolute atomic E-state index is 12.9. The van der Waals surface area contributed by atoms with E-state index < -0.39 is 15.9 Å². The zero-order valence-electron chi connectivity index (χ0n) is 18.8. The van der Waals surface area contributed by atoms with Crippen LogP contribution in [0.5, 0.6) is 0 Å². The van der Waals surface area contributed by atoms with Crippen LogP contribution in [0.2, 0.25) is 0 Å². The van der Waals surface area contributed by atoms with E-state index in [-0.39, 0.29) is 16.4 Å². The fourth-order valence-electron chi connectivity index (χ4n) is 3.91. The smallest absolute Gasteiger partial charge is 0.256 e. The zero-order valence-corrected chi connectivity index (χ0v) is 19.6. The van der Waals surface area contributed by atoms with Gasteiger partial charge in [-0.3, -0.25) is 14.6 Å². The summed E-state index contributed by atoms with van der Waals surface area (Å²) < 4.78 is 28.2. The van der Waals surface area contributed by atoms with Crippen molar-refractivity contribution in [2.75, 3.05) is 18.4 Å². The Morgan fingerprint density at radius 3 is 2.42 bits per heavy atom. The number of aromatic nitrogens is 4. The highest BCUT2D eigenvalue weighted by molar-refractivity contribution is 7.89. The molecule has 3 heterocycles. The number of nitrogens with one attached hydrogen (secondary N) is 2. The molecule has 1 fully saturated rings. The van der Waals surface area contributed by atoms with Gasteiger partial charge in [-0.15, -0.1) is 0 Å². The first-order chi connectivity index (χ1) is 15.7. The predicted molar refractivity (Wildman–Crippen MR) is 123 cm³/mol. The molecular weight excluding hydrogens is 444 g/mol. The Morgan fingerprint density at radius 2 is 1.82 bits per heavy atom. The molecule has 0 unspecified atom stereocenters. The molecule has 1 aliphatic rings. The molecule has 1 amide bonds. The van der Waals surface area contributed by atoms with Crippen LogP contribution in [0.25, 0.3) is 5.95 Å².